The molecule has 0 unspecified atom stereocenters. The Morgan fingerprint density at radius 1 is 1.09 bits per heavy atom. The standard InChI is InChI=1S/C32H34ClFN4O8/c1-5-44-25-14-21(29-28(31(40)43-4)18(2)36-32(41)37-29)8-11-24(25)45-17-27(39)38-35-15-20-12-23(33)30(26(13-20)42-3)46-16-19-6-9-22(34)10-7-19/h6-15,27,29,38-39H,5,16-17H2,1-4H3,(H2,36,37,41)/b35-15-/t27-,29-/m1/s1. The summed E-state index contributed by atoms with van der Waals surface area (Å²) in [5.41, 5.74) is 5.08. The summed E-state index contributed by atoms with van der Waals surface area (Å²) < 4.78 is 40.8. The smallest absolute Gasteiger partial charge is 0.337 e. The summed E-state index contributed by atoms with van der Waals surface area (Å²) in [5, 5.41) is 20.1. The van der Waals surface area contributed by atoms with E-state index in [1.807, 2.05) is 0 Å². The number of hydrogen-bond acceptors (Lipinski definition) is 10. The maximum absolute atomic E-state index is 13.2. The molecular formula is C32H34ClFN4O8. The number of carbonyl (C=O) groups excluding carboxylic acids is 2. The lowest BCUT2D eigenvalue weighted by Crippen LogP contribution is -2.45. The van der Waals surface area contributed by atoms with Gasteiger partial charge in [-0.2, -0.15) is 5.10 Å². The predicted molar refractivity (Wildman–Crippen MR) is 168 cm³/mol. The number of benzene rings is 3. The molecule has 4 rings (SSSR count). The van der Waals surface area contributed by atoms with E-state index < -0.39 is 24.3 Å². The van der Waals surface area contributed by atoms with E-state index in [9.17, 15) is 19.1 Å². The average molecular weight is 657 g/mol. The molecule has 1 aliphatic heterocycles. The zero-order valence-electron chi connectivity index (χ0n) is 25.6. The van der Waals surface area contributed by atoms with Gasteiger partial charge in [-0.3, -0.25) is 5.43 Å². The van der Waals surface area contributed by atoms with Crippen molar-refractivity contribution in [2.45, 2.75) is 32.7 Å². The molecule has 0 saturated heterocycles. The van der Waals surface area contributed by atoms with E-state index in [1.54, 1.807) is 56.3 Å². The normalized spacial score (nSPS) is 15.1. The SMILES string of the molecule is CCOc1cc([C@H]2NC(=O)NC(C)=C2C(=O)OC)ccc1OC[C@@H](O)N/N=C\c1cc(Cl)c(OCc2ccc(F)cc2)c(OC)c1. The van der Waals surface area contributed by atoms with Crippen molar-refractivity contribution in [3.05, 3.63) is 93.4 Å². The Kier molecular flexibility index (Phi) is 11.7. The summed E-state index contributed by atoms with van der Waals surface area (Å²) >= 11 is 6.43. The zero-order valence-corrected chi connectivity index (χ0v) is 26.3. The minimum absolute atomic E-state index is 0.158. The molecule has 0 saturated carbocycles. The van der Waals surface area contributed by atoms with E-state index in [4.69, 9.17) is 35.3 Å². The minimum Gasteiger partial charge on any atom is -0.493 e. The van der Waals surface area contributed by atoms with E-state index in [1.165, 1.54) is 32.6 Å². The number of amides is 2. The third-order valence-electron chi connectivity index (χ3n) is 6.66. The first-order chi connectivity index (χ1) is 22.1. The summed E-state index contributed by atoms with van der Waals surface area (Å²) in [4.78, 5) is 24.6. The summed E-state index contributed by atoms with van der Waals surface area (Å²) in [5.74, 6) is 0.415. The van der Waals surface area contributed by atoms with Gasteiger partial charge in [0.1, 0.15) is 19.0 Å². The first kappa shape index (κ1) is 33.9. The van der Waals surface area contributed by atoms with Gasteiger partial charge in [-0.05, 0) is 66.9 Å². The van der Waals surface area contributed by atoms with Gasteiger partial charge in [0, 0.05) is 5.70 Å². The molecule has 0 aromatic heterocycles. The molecule has 2 amide bonds. The Balaban J connectivity index is 1.38. The van der Waals surface area contributed by atoms with E-state index in [-0.39, 0.29) is 29.6 Å². The molecule has 3 aromatic rings. The number of nitrogens with zero attached hydrogens (tertiary/aromatic N) is 1. The maximum Gasteiger partial charge on any atom is 0.337 e. The van der Waals surface area contributed by atoms with Crippen LogP contribution in [0.25, 0.3) is 0 Å². The van der Waals surface area contributed by atoms with Gasteiger partial charge in [0.2, 0.25) is 0 Å². The first-order valence-electron chi connectivity index (χ1n) is 14.1. The number of aliphatic hydroxyl groups is 1. The summed E-state index contributed by atoms with van der Waals surface area (Å²) in [6, 6.07) is 12.9. The highest BCUT2D eigenvalue weighted by Gasteiger charge is 2.32. The second-order valence-corrected chi connectivity index (χ2v) is 10.3. The number of hydrazone groups is 1. The Bertz CT molecular complexity index is 1620. The zero-order chi connectivity index (χ0) is 33.2. The Hall–Kier alpha value is -5.01. The van der Waals surface area contributed by atoms with Crippen molar-refractivity contribution in [3.63, 3.8) is 0 Å². The lowest BCUT2D eigenvalue weighted by atomic mass is 9.95. The third kappa shape index (κ3) is 8.58. The van der Waals surface area contributed by atoms with Crippen molar-refractivity contribution in [2.75, 3.05) is 27.4 Å². The molecule has 4 N–H and O–H groups in total. The molecule has 3 aromatic carbocycles. The average Bonchev–Trinajstić information content (AvgIpc) is 3.03. The fourth-order valence-corrected chi connectivity index (χ4v) is 4.78. The summed E-state index contributed by atoms with van der Waals surface area (Å²) in [7, 11) is 2.73. The minimum atomic E-state index is -1.21. The number of esters is 1. The summed E-state index contributed by atoms with van der Waals surface area (Å²) in [6.07, 6.45) is 0.227. The Labute approximate surface area is 270 Å². The van der Waals surface area contributed by atoms with Crippen LogP contribution >= 0.6 is 11.6 Å². The monoisotopic (exact) mass is 656 g/mol. The third-order valence-corrected chi connectivity index (χ3v) is 6.94. The van der Waals surface area contributed by atoms with Crippen LogP contribution in [0.3, 0.4) is 0 Å². The van der Waals surface area contributed by atoms with Crippen molar-refractivity contribution >= 4 is 29.8 Å². The maximum atomic E-state index is 13.2. The molecule has 0 spiro atoms. The molecule has 12 nitrogen and oxygen atoms in total. The molecule has 14 heteroatoms. The molecular weight excluding hydrogens is 623 g/mol. The van der Waals surface area contributed by atoms with Gasteiger partial charge in [-0.25, -0.2) is 14.0 Å². The van der Waals surface area contributed by atoms with E-state index in [2.05, 4.69) is 21.2 Å². The van der Waals surface area contributed by atoms with Crippen LogP contribution in [0.15, 0.2) is 71.0 Å². The molecule has 46 heavy (non-hydrogen) atoms. The molecule has 1 heterocycles. The number of methoxy groups -OCH3 is 2. The molecule has 0 aliphatic carbocycles. The van der Waals surface area contributed by atoms with Crippen molar-refractivity contribution in [1.29, 1.82) is 0 Å². The van der Waals surface area contributed by atoms with Crippen LogP contribution in [0.4, 0.5) is 9.18 Å². The van der Waals surface area contributed by atoms with Gasteiger partial charge in [0.25, 0.3) is 0 Å². The van der Waals surface area contributed by atoms with Gasteiger partial charge in [-0.1, -0.05) is 29.8 Å². The summed E-state index contributed by atoms with van der Waals surface area (Å²) in [6.45, 7) is 3.68. The number of nitrogens with one attached hydrogen (secondary N) is 3. The highest BCUT2D eigenvalue weighted by Crippen LogP contribution is 2.37. The van der Waals surface area contributed by atoms with Crippen LogP contribution in [0.2, 0.25) is 5.02 Å². The van der Waals surface area contributed by atoms with Gasteiger partial charge in [0.05, 0.1) is 43.7 Å². The van der Waals surface area contributed by atoms with Gasteiger partial charge in [0.15, 0.2) is 29.2 Å². The van der Waals surface area contributed by atoms with Gasteiger partial charge >= 0.3 is 12.0 Å². The van der Waals surface area contributed by atoms with Crippen LogP contribution in [0.1, 0.15) is 36.6 Å². The van der Waals surface area contributed by atoms with E-state index in [0.29, 0.717) is 46.4 Å². The predicted octanol–water partition coefficient (Wildman–Crippen LogP) is 4.59. The van der Waals surface area contributed by atoms with Crippen molar-refractivity contribution in [1.82, 2.24) is 16.1 Å². The Morgan fingerprint density at radius 3 is 2.54 bits per heavy atom. The van der Waals surface area contributed by atoms with Crippen LogP contribution in [-0.2, 0) is 16.1 Å². The number of aliphatic hydroxyl groups excluding tert-OH is 1. The lowest BCUT2D eigenvalue weighted by molar-refractivity contribution is -0.136. The number of halogens is 2. The van der Waals surface area contributed by atoms with Gasteiger partial charge < -0.3 is 39.4 Å². The largest absolute Gasteiger partial charge is 0.493 e. The second-order valence-electron chi connectivity index (χ2n) is 9.86. The second kappa shape index (κ2) is 15.8. The first-order valence-corrected chi connectivity index (χ1v) is 14.5. The van der Waals surface area contributed by atoms with Crippen molar-refractivity contribution < 1.29 is 42.8 Å². The molecule has 244 valence electrons. The number of allylic oxidation sites excluding steroid dienone is 1. The Morgan fingerprint density at radius 2 is 1.85 bits per heavy atom. The molecule has 2 atom stereocenters. The van der Waals surface area contributed by atoms with Crippen LogP contribution < -0.4 is 35.0 Å². The number of urea groups is 1. The highest BCUT2D eigenvalue weighted by molar-refractivity contribution is 6.32. The van der Waals surface area contributed by atoms with Crippen LogP contribution in [0, 0.1) is 5.82 Å². The molecule has 0 bridgehead atoms. The van der Waals surface area contributed by atoms with Crippen LogP contribution in [0.5, 0.6) is 23.0 Å². The number of ether oxygens (including phenoxy) is 5. The van der Waals surface area contributed by atoms with Gasteiger partial charge in [-0.15, -0.1) is 0 Å². The fraction of sp³-hybridized carbons (Fsp3) is 0.281. The number of carbonyl (C=O) groups is 2. The number of rotatable bonds is 14. The van der Waals surface area contributed by atoms with E-state index in [0.717, 1.165) is 5.56 Å². The fourth-order valence-electron chi connectivity index (χ4n) is 4.51. The van der Waals surface area contributed by atoms with Crippen molar-refractivity contribution in [2.24, 2.45) is 5.10 Å². The quantitative estimate of drug-likeness (QED) is 0.0846. The topological polar surface area (TPSA) is 149 Å². The number of hydrogen-bond donors (Lipinski definition) is 4. The van der Waals surface area contributed by atoms with Crippen LogP contribution in [-0.4, -0.2) is 57.0 Å². The highest BCUT2D eigenvalue weighted by atomic mass is 35.5. The molecule has 1 aliphatic rings. The molecule has 0 radical (unpaired) electrons. The molecule has 0 fully saturated rings. The van der Waals surface area contributed by atoms with Crippen molar-refractivity contribution in [3.8, 4) is 23.0 Å². The van der Waals surface area contributed by atoms with E-state index >= 15 is 0 Å². The lowest BCUT2D eigenvalue weighted by Gasteiger charge is -2.28.